The second kappa shape index (κ2) is 6.18. The molecule has 2 N–H and O–H groups in total. The molecule has 4 nitrogen and oxygen atoms in total. The molecule has 0 aliphatic rings. The number of nitrogens with two attached hydrogens (primary N) is 1. The van der Waals surface area contributed by atoms with Gasteiger partial charge in [0.1, 0.15) is 0 Å². The molecule has 108 valence electrons. The highest BCUT2D eigenvalue weighted by atomic mass is 16.5. The lowest BCUT2D eigenvalue weighted by molar-refractivity contribution is 0.266. The smallest absolute Gasteiger partial charge is 0.234 e. The first kappa shape index (κ1) is 14.7. The van der Waals surface area contributed by atoms with Gasteiger partial charge in [0.25, 0.3) is 0 Å². The molecule has 0 spiro atoms. The van der Waals surface area contributed by atoms with E-state index in [9.17, 15) is 0 Å². The fourth-order valence-corrected chi connectivity index (χ4v) is 2.47. The average molecular weight is 273 g/mol. The number of nitrogens with zero attached hydrogens (tertiary/aromatic N) is 2. The van der Waals surface area contributed by atoms with Crippen LogP contribution in [0, 0.1) is 6.92 Å². The van der Waals surface area contributed by atoms with Gasteiger partial charge in [0.15, 0.2) is 5.82 Å². The van der Waals surface area contributed by atoms with Crippen molar-refractivity contribution in [2.75, 3.05) is 6.54 Å². The van der Waals surface area contributed by atoms with Crippen molar-refractivity contribution in [1.29, 1.82) is 0 Å². The molecule has 0 radical (unpaired) electrons. The molecule has 0 amide bonds. The van der Waals surface area contributed by atoms with Crippen LogP contribution in [0.15, 0.2) is 28.8 Å². The summed E-state index contributed by atoms with van der Waals surface area (Å²) in [5.41, 5.74) is 8.17. The summed E-state index contributed by atoms with van der Waals surface area (Å²) < 4.78 is 5.46. The molecule has 0 saturated carbocycles. The molecule has 0 unspecified atom stereocenters. The minimum Gasteiger partial charge on any atom is -0.339 e. The molecule has 1 aromatic carbocycles. The maximum Gasteiger partial charge on any atom is 0.234 e. The third kappa shape index (κ3) is 2.90. The Morgan fingerprint density at radius 3 is 2.60 bits per heavy atom. The highest BCUT2D eigenvalue weighted by Crippen LogP contribution is 2.29. The van der Waals surface area contributed by atoms with E-state index in [1.54, 1.807) is 0 Å². The monoisotopic (exact) mass is 273 g/mol. The molecule has 2 rings (SSSR count). The largest absolute Gasteiger partial charge is 0.339 e. The predicted octanol–water partition coefficient (Wildman–Crippen LogP) is 2.99. The number of hydrogen-bond acceptors (Lipinski definition) is 4. The second-order valence-corrected chi connectivity index (χ2v) is 5.37. The Balaban J connectivity index is 2.20. The van der Waals surface area contributed by atoms with Crippen LogP contribution >= 0.6 is 0 Å². The number of benzene rings is 1. The van der Waals surface area contributed by atoms with E-state index >= 15 is 0 Å². The quantitative estimate of drug-likeness (QED) is 0.878. The van der Waals surface area contributed by atoms with Crippen LogP contribution in [0.3, 0.4) is 0 Å². The van der Waals surface area contributed by atoms with E-state index < -0.39 is 0 Å². The molecule has 2 aromatic rings. The average Bonchev–Trinajstić information content (AvgIpc) is 2.90. The molecule has 1 aromatic heterocycles. The Bertz CT molecular complexity index is 550. The van der Waals surface area contributed by atoms with Gasteiger partial charge in [0, 0.05) is 13.0 Å². The molecule has 0 aliphatic carbocycles. The summed E-state index contributed by atoms with van der Waals surface area (Å²) in [6.07, 6.45) is 2.51. The topological polar surface area (TPSA) is 64.9 Å². The van der Waals surface area contributed by atoms with Gasteiger partial charge in [-0.25, -0.2) is 0 Å². The zero-order valence-corrected chi connectivity index (χ0v) is 12.5. The lowest BCUT2D eigenvalue weighted by Crippen LogP contribution is -2.34. The van der Waals surface area contributed by atoms with Crippen LogP contribution in [0.4, 0.5) is 0 Å². The first-order valence-corrected chi connectivity index (χ1v) is 7.22. The van der Waals surface area contributed by atoms with Crippen molar-refractivity contribution in [3.05, 3.63) is 47.1 Å². The van der Waals surface area contributed by atoms with Gasteiger partial charge in [0.2, 0.25) is 5.89 Å². The van der Waals surface area contributed by atoms with Gasteiger partial charge in [-0.3, -0.25) is 0 Å². The Hall–Kier alpha value is -1.68. The molecular formula is C16H23N3O. The molecule has 4 heteroatoms. The molecule has 0 atom stereocenters. The standard InChI is InChI=1S/C16H23N3O/c1-4-16(5-2,11-17)15-18-14(19-20-15)10-13-8-6-7-12(3)9-13/h6-9H,4-5,10-11,17H2,1-3H3. The number of aromatic nitrogens is 2. The SMILES string of the molecule is CCC(CC)(CN)c1nc(Cc2cccc(C)c2)no1. The van der Waals surface area contributed by atoms with E-state index in [1.807, 2.05) is 6.07 Å². The molecular weight excluding hydrogens is 250 g/mol. The Morgan fingerprint density at radius 2 is 2.00 bits per heavy atom. The minimum absolute atomic E-state index is 0.183. The molecule has 20 heavy (non-hydrogen) atoms. The predicted molar refractivity (Wildman–Crippen MR) is 79.6 cm³/mol. The zero-order valence-electron chi connectivity index (χ0n) is 12.5. The van der Waals surface area contributed by atoms with Gasteiger partial charge in [-0.15, -0.1) is 0 Å². The highest BCUT2D eigenvalue weighted by molar-refractivity contribution is 5.24. The summed E-state index contributed by atoms with van der Waals surface area (Å²) in [6, 6.07) is 8.36. The second-order valence-electron chi connectivity index (χ2n) is 5.37. The van der Waals surface area contributed by atoms with E-state index in [4.69, 9.17) is 10.3 Å². The first-order valence-electron chi connectivity index (χ1n) is 7.22. The van der Waals surface area contributed by atoms with E-state index in [2.05, 4.69) is 49.1 Å². The van der Waals surface area contributed by atoms with Gasteiger partial charge in [-0.05, 0) is 25.3 Å². The lowest BCUT2D eigenvalue weighted by atomic mass is 9.82. The van der Waals surface area contributed by atoms with Crippen molar-refractivity contribution in [2.24, 2.45) is 5.73 Å². The van der Waals surface area contributed by atoms with Gasteiger partial charge < -0.3 is 10.3 Å². The third-order valence-corrected chi connectivity index (χ3v) is 4.11. The van der Waals surface area contributed by atoms with E-state index in [1.165, 1.54) is 11.1 Å². The van der Waals surface area contributed by atoms with Crippen LogP contribution in [-0.2, 0) is 11.8 Å². The summed E-state index contributed by atoms with van der Waals surface area (Å²) in [7, 11) is 0. The van der Waals surface area contributed by atoms with Gasteiger partial charge in [0.05, 0.1) is 5.41 Å². The molecule has 0 fully saturated rings. The van der Waals surface area contributed by atoms with Crippen LogP contribution in [0.2, 0.25) is 0 Å². The fraction of sp³-hybridized carbons (Fsp3) is 0.500. The van der Waals surface area contributed by atoms with Crippen molar-refractivity contribution in [3.8, 4) is 0 Å². The minimum atomic E-state index is -0.183. The lowest BCUT2D eigenvalue weighted by Gasteiger charge is -2.24. The van der Waals surface area contributed by atoms with E-state index in [0.29, 0.717) is 18.9 Å². The van der Waals surface area contributed by atoms with Crippen LogP contribution in [0.25, 0.3) is 0 Å². The number of aryl methyl sites for hydroxylation is 1. The summed E-state index contributed by atoms with van der Waals surface area (Å²) in [6.45, 7) is 6.84. The maximum absolute atomic E-state index is 5.91. The van der Waals surface area contributed by atoms with Crippen molar-refractivity contribution in [1.82, 2.24) is 10.1 Å². The van der Waals surface area contributed by atoms with Crippen LogP contribution < -0.4 is 5.73 Å². The first-order chi connectivity index (χ1) is 9.63. The van der Waals surface area contributed by atoms with Crippen molar-refractivity contribution >= 4 is 0 Å². The van der Waals surface area contributed by atoms with E-state index in [0.717, 1.165) is 18.7 Å². The van der Waals surface area contributed by atoms with E-state index in [-0.39, 0.29) is 5.41 Å². The van der Waals surface area contributed by atoms with Crippen LogP contribution in [-0.4, -0.2) is 16.7 Å². The van der Waals surface area contributed by atoms with Crippen molar-refractivity contribution in [2.45, 2.75) is 45.4 Å². The van der Waals surface area contributed by atoms with Gasteiger partial charge >= 0.3 is 0 Å². The number of rotatable bonds is 6. The fourth-order valence-electron chi connectivity index (χ4n) is 2.47. The molecule has 0 bridgehead atoms. The Morgan fingerprint density at radius 1 is 1.25 bits per heavy atom. The summed E-state index contributed by atoms with van der Waals surface area (Å²) in [4.78, 5) is 4.56. The number of hydrogen-bond donors (Lipinski definition) is 1. The van der Waals surface area contributed by atoms with Crippen LogP contribution in [0.5, 0.6) is 0 Å². The normalized spacial score (nSPS) is 11.8. The molecule has 1 heterocycles. The van der Waals surface area contributed by atoms with Crippen molar-refractivity contribution < 1.29 is 4.52 Å². The summed E-state index contributed by atoms with van der Waals surface area (Å²) >= 11 is 0. The van der Waals surface area contributed by atoms with Gasteiger partial charge in [-0.2, -0.15) is 4.98 Å². The van der Waals surface area contributed by atoms with Crippen LogP contribution in [0.1, 0.15) is 49.5 Å². The third-order valence-electron chi connectivity index (χ3n) is 4.11. The highest BCUT2D eigenvalue weighted by Gasteiger charge is 2.33. The summed E-state index contributed by atoms with van der Waals surface area (Å²) in [5.74, 6) is 1.40. The Kier molecular flexibility index (Phi) is 4.55. The molecule has 0 saturated heterocycles. The molecule has 0 aliphatic heterocycles. The maximum atomic E-state index is 5.91. The Labute approximate surface area is 120 Å². The zero-order chi connectivity index (χ0) is 14.6. The van der Waals surface area contributed by atoms with Crippen molar-refractivity contribution in [3.63, 3.8) is 0 Å². The van der Waals surface area contributed by atoms with Gasteiger partial charge in [-0.1, -0.05) is 48.8 Å². The summed E-state index contributed by atoms with van der Waals surface area (Å²) in [5, 5.41) is 4.11.